The first-order valence-corrected chi connectivity index (χ1v) is 12.5. The minimum absolute atomic E-state index is 0.0834. The van der Waals surface area contributed by atoms with Gasteiger partial charge in [0.05, 0.1) is 19.4 Å². The van der Waals surface area contributed by atoms with Crippen LogP contribution in [-0.4, -0.2) is 34.6 Å². The molecule has 0 unspecified atom stereocenters. The molecule has 0 heterocycles. The molecule has 0 aromatic heterocycles. The van der Waals surface area contributed by atoms with Gasteiger partial charge in [0, 0.05) is 15.7 Å². The molecule has 0 bridgehead atoms. The zero-order chi connectivity index (χ0) is 24.9. The van der Waals surface area contributed by atoms with Crippen LogP contribution in [0.2, 0.25) is 10.0 Å². The molecule has 0 spiro atoms. The van der Waals surface area contributed by atoms with Crippen molar-refractivity contribution in [3.63, 3.8) is 0 Å². The molecule has 0 radical (unpaired) electrons. The van der Waals surface area contributed by atoms with Gasteiger partial charge in [0.15, 0.2) is 0 Å². The van der Waals surface area contributed by atoms with E-state index in [0.29, 0.717) is 23.6 Å². The van der Waals surface area contributed by atoms with Crippen LogP contribution in [0, 0.1) is 6.92 Å². The maximum atomic E-state index is 13.8. The average Bonchev–Trinajstić information content (AvgIpc) is 2.78. The average molecular weight is 523 g/mol. The number of nitrogens with one attached hydrogen (secondary N) is 1. The fraction of sp³-hybridized carbons (Fsp3) is 0.208. The first-order chi connectivity index (χ1) is 16.1. The second-order valence-electron chi connectivity index (χ2n) is 7.30. The number of anilines is 2. The van der Waals surface area contributed by atoms with E-state index in [1.165, 1.54) is 31.4 Å². The zero-order valence-electron chi connectivity index (χ0n) is 18.8. The third kappa shape index (κ3) is 6.14. The molecule has 0 aliphatic heterocycles. The minimum atomic E-state index is -4.24. The Morgan fingerprint density at radius 1 is 1.00 bits per heavy atom. The molecule has 0 saturated heterocycles. The van der Waals surface area contributed by atoms with Gasteiger partial charge in [-0.1, -0.05) is 29.3 Å². The molecule has 0 saturated carbocycles. The van der Waals surface area contributed by atoms with Gasteiger partial charge in [-0.2, -0.15) is 0 Å². The van der Waals surface area contributed by atoms with E-state index in [9.17, 15) is 13.2 Å². The summed E-state index contributed by atoms with van der Waals surface area (Å²) in [7, 11) is -2.87. The smallest absolute Gasteiger partial charge is 0.268 e. The van der Waals surface area contributed by atoms with Crippen LogP contribution in [0.3, 0.4) is 0 Å². The van der Waals surface area contributed by atoms with Gasteiger partial charge in [-0.05, 0) is 74.0 Å². The number of benzene rings is 3. The summed E-state index contributed by atoms with van der Waals surface area (Å²) >= 11 is 12.3. The number of aryl methyl sites for hydroxylation is 1. The quantitative estimate of drug-likeness (QED) is 0.398. The molecule has 0 atom stereocenters. The van der Waals surface area contributed by atoms with Crippen LogP contribution in [0.25, 0.3) is 0 Å². The lowest BCUT2D eigenvalue weighted by Gasteiger charge is -2.25. The van der Waals surface area contributed by atoms with Crippen LogP contribution >= 0.6 is 23.2 Å². The van der Waals surface area contributed by atoms with Gasteiger partial charge in [0.1, 0.15) is 22.9 Å². The number of rotatable bonds is 9. The number of amides is 1. The van der Waals surface area contributed by atoms with Crippen molar-refractivity contribution in [3.8, 4) is 11.5 Å². The van der Waals surface area contributed by atoms with Gasteiger partial charge in [0.2, 0.25) is 5.91 Å². The summed E-state index contributed by atoms with van der Waals surface area (Å²) < 4.78 is 39.1. The van der Waals surface area contributed by atoms with E-state index in [0.717, 1.165) is 4.31 Å². The third-order valence-corrected chi connectivity index (χ3v) is 6.99. The molecule has 0 fully saturated rings. The molecule has 3 aromatic rings. The molecule has 1 amide bonds. The lowest BCUT2D eigenvalue weighted by atomic mass is 10.2. The van der Waals surface area contributed by atoms with Crippen LogP contribution in [0.4, 0.5) is 11.4 Å². The number of methoxy groups -OCH3 is 1. The predicted molar refractivity (Wildman–Crippen MR) is 135 cm³/mol. The monoisotopic (exact) mass is 522 g/mol. The normalized spacial score (nSPS) is 11.1. The van der Waals surface area contributed by atoms with Crippen molar-refractivity contribution in [2.24, 2.45) is 0 Å². The lowest BCUT2D eigenvalue weighted by molar-refractivity contribution is -0.114. The fourth-order valence-electron chi connectivity index (χ4n) is 3.23. The Labute approximate surface area is 209 Å². The number of carbonyl (C=O) groups excluding carboxylic acids is 1. The van der Waals surface area contributed by atoms with E-state index in [2.05, 4.69) is 5.32 Å². The summed E-state index contributed by atoms with van der Waals surface area (Å²) in [5.41, 5.74) is 1.34. The van der Waals surface area contributed by atoms with Gasteiger partial charge < -0.3 is 14.8 Å². The van der Waals surface area contributed by atoms with E-state index in [1.807, 2.05) is 6.92 Å². The molecular formula is C24H24Cl2N2O5S. The van der Waals surface area contributed by atoms with Crippen LogP contribution in [-0.2, 0) is 14.8 Å². The molecule has 10 heteroatoms. The van der Waals surface area contributed by atoms with Crippen molar-refractivity contribution in [1.82, 2.24) is 0 Å². The Hall–Kier alpha value is -2.94. The maximum Gasteiger partial charge on any atom is 0.268 e. The Balaban J connectivity index is 1.99. The molecule has 7 nitrogen and oxygen atoms in total. The summed E-state index contributed by atoms with van der Waals surface area (Å²) in [6.07, 6.45) is 0. The topological polar surface area (TPSA) is 84.9 Å². The van der Waals surface area contributed by atoms with Gasteiger partial charge in [-0.15, -0.1) is 0 Å². The predicted octanol–water partition coefficient (Wildman–Crippen LogP) is 5.54. The molecule has 3 rings (SSSR count). The summed E-state index contributed by atoms with van der Waals surface area (Å²) in [4.78, 5) is 12.8. The second kappa shape index (κ2) is 11.0. The molecule has 34 heavy (non-hydrogen) atoms. The molecule has 0 aliphatic rings. The minimum Gasteiger partial charge on any atom is -0.495 e. The van der Waals surface area contributed by atoms with E-state index in [4.69, 9.17) is 32.7 Å². The molecule has 180 valence electrons. The molecule has 0 aliphatic carbocycles. The number of nitrogens with zero attached hydrogens (tertiary/aromatic N) is 1. The number of carbonyl (C=O) groups is 1. The van der Waals surface area contributed by atoms with E-state index >= 15 is 0 Å². The first-order valence-electron chi connectivity index (χ1n) is 10.3. The van der Waals surface area contributed by atoms with Crippen LogP contribution in [0.5, 0.6) is 11.5 Å². The number of hydrogen-bond acceptors (Lipinski definition) is 5. The Morgan fingerprint density at radius 3 is 2.24 bits per heavy atom. The highest BCUT2D eigenvalue weighted by atomic mass is 35.5. The second-order valence-corrected chi connectivity index (χ2v) is 10.0. The van der Waals surface area contributed by atoms with Gasteiger partial charge in [0.25, 0.3) is 10.0 Å². The summed E-state index contributed by atoms with van der Waals surface area (Å²) in [6, 6.07) is 15.9. The largest absolute Gasteiger partial charge is 0.495 e. The molecule has 1 N–H and O–H groups in total. The van der Waals surface area contributed by atoms with Crippen molar-refractivity contribution in [2.75, 3.05) is 29.9 Å². The number of halogens is 2. The van der Waals surface area contributed by atoms with Crippen LogP contribution in [0.15, 0.2) is 65.6 Å². The number of sulfonamides is 1. The molecular weight excluding hydrogens is 499 g/mol. The Morgan fingerprint density at radius 2 is 1.65 bits per heavy atom. The van der Waals surface area contributed by atoms with Crippen molar-refractivity contribution in [1.29, 1.82) is 0 Å². The lowest BCUT2D eigenvalue weighted by Crippen LogP contribution is -2.38. The standard InChI is InChI=1S/C24H24Cl2N2O5S/c1-4-33-21-8-6-19(7-9-21)27-24(29)15-28(20-13-17(25)12-18(26)14-20)34(30,31)23-11-16(2)5-10-22(23)32-3/h5-14H,4,15H2,1-3H3,(H,27,29). The van der Waals surface area contributed by atoms with Gasteiger partial charge >= 0.3 is 0 Å². The zero-order valence-corrected chi connectivity index (χ0v) is 21.2. The Kier molecular flexibility index (Phi) is 8.30. The highest BCUT2D eigenvalue weighted by Gasteiger charge is 2.30. The van der Waals surface area contributed by atoms with Crippen molar-refractivity contribution < 1.29 is 22.7 Å². The summed E-state index contributed by atoms with van der Waals surface area (Å²) in [5, 5.41) is 3.16. The Bertz CT molecular complexity index is 1260. The highest BCUT2D eigenvalue weighted by molar-refractivity contribution is 7.93. The number of hydrogen-bond donors (Lipinski definition) is 1. The van der Waals surface area contributed by atoms with Gasteiger partial charge in [-0.25, -0.2) is 8.42 Å². The fourth-order valence-corrected chi connectivity index (χ4v) is 5.40. The van der Waals surface area contributed by atoms with Crippen LogP contribution in [0.1, 0.15) is 12.5 Å². The van der Waals surface area contributed by atoms with E-state index in [1.54, 1.807) is 43.3 Å². The van der Waals surface area contributed by atoms with Gasteiger partial charge in [-0.3, -0.25) is 9.10 Å². The van der Waals surface area contributed by atoms with Crippen molar-refractivity contribution in [3.05, 3.63) is 76.3 Å². The SMILES string of the molecule is CCOc1ccc(NC(=O)CN(c2cc(Cl)cc(Cl)c2)S(=O)(=O)c2cc(C)ccc2OC)cc1. The molecule has 3 aromatic carbocycles. The third-order valence-electron chi connectivity index (χ3n) is 4.76. The maximum absolute atomic E-state index is 13.8. The summed E-state index contributed by atoms with van der Waals surface area (Å²) in [6.45, 7) is 3.63. The van der Waals surface area contributed by atoms with E-state index < -0.39 is 22.5 Å². The van der Waals surface area contributed by atoms with E-state index in [-0.39, 0.29) is 26.4 Å². The van der Waals surface area contributed by atoms with Crippen molar-refractivity contribution in [2.45, 2.75) is 18.7 Å². The van der Waals surface area contributed by atoms with Crippen molar-refractivity contribution >= 4 is 50.5 Å². The summed E-state index contributed by atoms with van der Waals surface area (Å²) in [5.74, 6) is 0.246. The first kappa shape index (κ1) is 25.7. The van der Waals surface area contributed by atoms with Crippen LogP contribution < -0.4 is 19.1 Å². The highest BCUT2D eigenvalue weighted by Crippen LogP contribution is 2.33. The number of ether oxygens (including phenoxy) is 2.